The van der Waals surface area contributed by atoms with E-state index >= 15 is 0 Å². The average molecular weight is 418 g/mol. The zero-order chi connectivity index (χ0) is 21.5. The van der Waals surface area contributed by atoms with Crippen molar-refractivity contribution < 1.29 is 14.3 Å². The summed E-state index contributed by atoms with van der Waals surface area (Å²) in [5.41, 5.74) is 1.97. The minimum Gasteiger partial charge on any atom is -0.378 e. The Kier molecular flexibility index (Phi) is 8.07. The van der Waals surface area contributed by atoms with Gasteiger partial charge in [-0.15, -0.1) is 0 Å². The second-order valence-electron chi connectivity index (χ2n) is 8.35. The largest absolute Gasteiger partial charge is 0.378 e. The van der Waals surface area contributed by atoms with Crippen LogP contribution >= 0.6 is 0 Å². The van der Waals surface area contributed by atoms with Crippen LogP contribution in [0.25, 0.3) is 0 Å². The Bertz CT molecular complexity index is 695. The van der Waals surface area contributed by atoms with Gasteiger partial charge in [-0.3, -0.25) is 19.4 Å². The highest BCUT2D eigenvalue weighted by Crippen LogP contribution is 2.19. The summed E-state index contributed by atoms with van der Waals surface area (Å²) in [5, 5.41) is 5.96. The summed E-state index contributed by atoms with van der Waals surface area (Å²) in [5.74, 6) is 0.0601. The Labute approximate surface area is 179 Å². The summed E-state index contributed by atoms with van der Waals surface area (Å²) in [6, 6.07) is 7.96. The lowest BCUT2D eigenvalue weighted by Gasteiger charge is -2.37. The summed E-state index contributed by atoms with van der Waals surface area (Å²) >= 11 is 0. The monoisotopic (exact) mass is 417 g/mol. The Morgan fingerprint density at radius 3 is 2.20 bits per heavy atom. The number of carbonyl (C=O) groups excluding carboxylic acids is 2. The van der Waals surface area contributed by atoms with Gasteiger partial charge in [0.2, 0.25) is 11.8 Å². The molecule has 1 aromatic carbocycles. The minimum absolute atomic E-state index is 0.000114. The molecule has 2 fully saturated rings. The van der Waals surface area contributed by atoms with E-state index < -0.39 is 0 Å². The van der Waals surface area contributed by atoms with Crippen molar-refractivity contribution in [2.75, 3.05) is 69.2 Å². The van der Waals surface area contributed by atoms with Crippen LogP contribution in [-0.2, 0) is 14.3 Å². The Morgan fingerprint density at radius 1 is 0.967 bits per heavy atom. The minimum atomic E-state index is -0.212. The smallest absolute Gasteiger partial charge is 0.241 e. The third-order valence-corrected chi connectivity index (χ3v) is 5.66. The zero-order valence-corrected chi connectivity index (χ0v) is 18.4. The quantitative estimate of drug-likeness (QED) is 0.689. The number of carbonyl (C=O) groups is 2. The summed E-state index contributed by atoms with van der Waals surface area (Å²) in [6.45, 7) is 12.7. The fourth-order valence-corrected chi connectivity index (χ4v) is 3.87. The summed E-state index contributed by atoms with van der Waals surface area (Å²) in [6.07, 6.45) is 0. The van der Waals surface area contributed by atoms with Gasteiger partial charge in [0.05, 0.1) is 25.8 Å². The fourth-order valence-electron chi connectivity index (χ4n) is 3.87. The van der Waals surface area contributed by atoms with Crippen LogP contribution in [0.2, 0.25) is 0 Å². The van der Waals surface area contributed by atoms with Crippen LogP contribution in [0.15, 0.2) is 24.3 Å². The molecule has 0 radical (unpaired) electrons. The van der Waals surface area contributed by atoms with Crippen molar-refractivity contribution >= 4 is 23.2 Å². The summed E-state index contributed by atoms with van der Waals surface area (Å²) in [7, 11) is 0. The SMILES string of the molecule is CC(C)NC(=O)CN1CCN([C@H](C)C(=O)Nc2ccc(N3CCOCC3)cc2)CC1. The van der Waals surface area contributed by atoms with Crippen LogP contribution in [0.1, 0.15) is 20.8 Å². The molecule has 0 aromatic heterocycles. The van der Waals surface area contributed by atoms with Crippen LogP contribution in [0.3, 0.4) is 0 Å². The van der Waals surface area contributed by atoms with E-state index in [4.69, 9.17) is 4.74 Å². The van der Waals surface area contributed by atoms with Crippen molar-refractivity contribution in [3.05, 3.63) is 24.3 Å². The predicted molar refractivity (Wildman–Crippen MR) is 119 cm³/mol. The Balaban J connectivity index is 1.44. The molecule has 3 rings (SSSR count). The highest BCUT2D eigenvalue weighted by Gasteiger charge is 2.26. The number of morpholine rings is 1. The highest BCUT2D eigenvalue weighted by molar-refractivity contribution is 5.94. The first-order valence-electron chi connectivity index (χ1n) is 10.9. The van der Waals surface area contributed by atoms with Crippen molar-refractivity contribution in [3.8, 4) is 0 Å². The van der Waals surface area contributed by atoms with Gasteiger partial charge >= 0.3 is 0 Å². The summed E-state index contributed by atoms with van der Waals surface area (Å²) < 4.78 is 5.40. The van der Waals surface area contributed by atoms with Crippen LogP contribution in [0.5, 0.6) is 0 Å². The van der Waals surface area contributed by atoms with Crippen LogP contribution in [-0.4, -0.2) is 92.7 Å². The number of rotatable bonds is 7. The van der Waals surface area contributed by atoms with E-state index in [1.54, 1.807) is 0 Å². The third-order valence-electron chi connectivity index (χ3n) is 5.66. The molecule has 2 aliphatic heterocycles. The predicted octanol–water partition coefficient (Wildman–Crippen LogP) is 0.992. The lowest BCUT2D eigenvalue weighted by Crippen LogP contribution is -2.54. The molecule has 166 valence electrons. The number of benzene rings is 1. The maximum Gasteiger partial charge on any atom is 0.241 e. The molecule has 30 heavy (non-hydrogen) atoms. The number of anilines is 2. The normalized spacial score (nSPS) is 19.5. The van der Waals surface area contributed by atoms with Gasteiger partial charge in [-0.25, -0.2) is 0 Å². The van der Waals surface area contributed by atoms with Gasteiger partial charge in [0.25, 0.3) is 0 Å². The molecular formula is C22H35N5O3. The lowest BCUT2D eigenvalue weighted by molar-refractivity contribution is -0.125. The van der Waals surface area contributed by atoms with E-state index in [0.717, 1.165) is 63.9 Å². The molecule has 1 atom stereocenters. The first kappa shape index (κ1) is 22.5. The molecule has 0 spiro atoms. The molecule has 2 heterocycles. The molecule has 2 aliphatic rings. The average Bonchev–Trinajstić information content (AvgIpc) is 2.74. The molecule has 2 amide bonds. The van der Waals surface area contributed by atoms with Gasteiger partial charge in [0.15, 0.2) is 0 Å². The topological polar surface area (TPSA) is 77.2 Å². The number of hydrogen-bond donors (Lipinski definition) is 2. The van der Waals surface area contributed by atoms with Crippen molar-refractivity contribution in [1.82, 2.24) is 15.1 Å². The Hall–Kier alpha value is -2.16. The van der Waals surface area contributed by atoms with Gasteiger partial charge in [-0.2, -0.15) is 0 Å². The van der Waals surface area contributed by atoms with Crippen LogP contribution in [0.4, 0.5) is 11.4 Å². The standard InChI is InChI=1S/C22H35N5O3/c1-17(2)23-21(28)16-25-8-10-26(11-9-25)18(3)22(29)24-19-4-6-20(7-5-19)27-12-14-30-15-13-27/h4-7,17-18H,8-16H2,1-3H3,(H,23,28)(H,24,29)/t18-/m1/s1. The number of ether oxygens (including phenoxy) is 1. The van der Waals surface area contributed by atoms with Crippen LogP contribution < -0.4 is 15.5 Å². The second-order valence-corrected chi connectivity index (χ2v) is 8.35. The van der Waals surface area contributed by atoms with Crippen molar-refractivity contribution in [2.45, 2.75) is 32.9 Å². The van der Waals surface area contributed by atoms with E-state index in [1.165, 1.54) is 0 Å². The van der Waals surface area contributed by atoms with E-state index in [-0.39, 0.29) is 23.9 Å². The van der Waals surface area contributed by atoms with Gasteiger partial charge in [0.1, 0.15) is 0 Å². The number of piperazine rings is 1. The van der Waals surface area contributed by atoms with Gasteiger partial charge < -0.3 is 20.3 Å². The number of nitrogens with zero attached hydrogens (tertiary/aromatic N) is 3. The maximum atomic E-state index is 12.7. The van der Waals surface area contributed by atoms with E-state index in [0.29, 0.717) is 6.54 Å². The third kappa shape index (κ3) is 6.42. The summed E-state index contributed by atoms with van der Waals surface area (Å²) in [4.78, 5) is 31.3. The second kappa shape index (κ2) is 10.7. The van der Waals surface area contributed by atoms with Crippen molar-refractivity contribution in [2.24, 2.45) is 0 Å². The molecule has 1 aromatic rings. The van der Waals surface area contributed by atoms with Gasteiger partial charge in [-0.1, -0.05) is 0 Å². The molecule has 8 heteroatoms. The van der Waals surface area contributed by atoms with Crippen molar-refractivity contribution in [1.29, 1.82) is 0 Å². The number of nitrogens with one attached hydrogen (secondary N) is 2. The molecule has 0 aliphatic carbocycles. The molecule has 0 bridgehead atoms. The number of hydrogen-bond acceptors (Lipinski definition) is 6. The van der Waals surface area contributed by atoms with E-state index in [1.807, 2.05) is 45.0 Å². The molecule has 8 nitrogen and oxygen atoms in total. The van der Waals surface area contributed by atoms with Crippen molar-refractivity contribution in [3.63, 3.8) is 0 Å². The molecule has 0 saturated carbocycles. The molecule has 2 N–H and O–H groups in total. The zero-order valence-electron chi connectivity index (χ0n) is 18.4. The highest BCUT2D eigenvalue weighted by atomic mass is 16.5. The molecule has 2 saturated heterocycles. The lowest BCUT2D eigenvalue weighted by atomic mass is 10.2. The van der Waals surface area contributed by atoms with Gasteiger partial charge in [-0.05, 0) is 45.0 Å². The van der Waals surface area contributed by atoms with E-state index in [2.05, 4.69) is 25.3 Å². The molecule has 0 unspecified atom stereocenters. The first-order chi connectivity index (χ1) is 14.4. The van der Waals surface area contributed by atoms with E-state index in [9.17, 15) is 9.59 Å². The first-order valence-corrected chi connectivity index (χ1v) is 10.9. The fraction of sp³-hybridized carbons (Fsp3) is 0.636. The Morgan fingerprint density at radius 2 is 1.60 bits per heavy atom. The van der Waals surface area contributed by atoms with Crippen LogP contribution in [0, 0.1) is 0 Å². The maximum absolute atomic E-state index is 12.7. The van der Waals surface area contributed by atoms with Gasteiger partial charge in [0, 0.05) is 56.7 Å². The number of amides is 2. The molecular weight excluding hydrogens is 382 g/mol.